The molecule has 2 aliphatic carbocycles. The van der Waals surface area contributed by atoms with Gasteiger partial charge in [0.2, 0.25) is 5.91 Å². The smallest absolute Gasteiger partial charge is 0.225 e. The monoisotopic (exact) mass is 221 g/mol. The second kappa shape index (κ2) is 4.38. The van der Waals surface area contributed by atoms with Crippen molar-refractivity contribution < 1.29 is 4.79 Å². The van der Waals surface area contributed by atoms with Crippen LogP contribution >= 0.6 is 0 Å². The first-order valence-corrected chi connectivity index (χ1v) is 7.17. The van der Waals surface area contributed by atoms with Crippen LogP contribution < -0.4 is 0 Å². The second-order valence-electron chi connectivity index (χ2n) is 5.91. The molecule has 1 unspecified atom stereocenters. The Morgan fingerprint density at radius 2 is 1.62 bits per heavy atom. The van der Waals surface area contributed by atoms with Gasteiger partial charge in [-0.15, -0.1) is 0 Å². The number of hydrogen-bond acceptors (Lipinski definition) is 1. The van der Waals surface area contributed by atoms with E-state index in [1.165, 1.54) is 44.9 Å². The molecule has 3 aliphatic rings. The van der Waals surface area contributed by atoms with Gasteiger partial charge in [0, 0.05) is 18.5 Å². The van der Waals surface area contributed by atoms with Gasteiger partial charge in [-0.2, -0.15) is 0 Å². The number of likely N-dealkylation sites (tertiary alicyclic amines) is 1. The maximum Gasteiger partial charge on any atom is 0.225 e. The van der Waals surface area contributed by atoms with Crippen LogP contribution in [-0.2, 0) is 4.79 Å². The van der Waals surface area contributed by atoms with Crippen LogP contribution in [0.25, 0.3) is 0 Å². The molecule has 1 saturated heterocycles. The highest BCUT2D eigenvalue weighted by atomic mass is 16.2. The molecule has 16 heavy (non-hydrogen) atoms. The molecule has 1 amide bonds. The van der Waals surface area contributed by atoms with E-state index in [9.17, 15) is 4.79 Å². The average Bonchev–Trinajstić information content (AvgIpc) is 2.85. The van der Waals surface area contributed by atoms with Gasteiger partial charge in [0.25, 0.3) is 0 Å². The number of amides is 1. The third-order valence-electron chi connectivity index (χ3n) is 4.98. The summed E-state index contributed by atoms with van der Waals surface area (Å²) in [5.74, 6) is 1.74. The summed E-state index contributed by atoms with van der Waals surface area (Å²) in [4.78, 5) is 14.6. The fourth-order valence-electron chi connectivity index (χ4n) is 3.79. The van der Waals surface area contributed by atoms with E-state index in [4.69, 9.17) is 0 Å². The third kappa shape index (κ3) is 1.76. The molecular weight excluding hydrogens is 198 g/mol. The molecule has 0 spiro atoms. The number of rotatable bonds is 2. The van der Waals surface area contributed by atoms with Gasteiger partial charge >= 0.3 is 0 Å². The Morgan fingerprint density at radius 1 is 0.875 bits per heavy atom. The van der Waals surface area contributed by atoms with E-state index in [0.717, 1.165) is 25.3 Å². The van der Waals surface area contributed by atoms with Crippen molar-refractivity contribution >= 4 is 5.91 Å². The van der Waals surface area contributed by atoms with Gasteiger partial charge in [-0.3, -0.25) is 4.79 Å². The minimum absolute atomic E-state index is 0.405. The molecule has 2 heteroatoms. The number of hydrogen-bond donors (Lipinski definition) is 0. The molecule has 90 valence electrons. The highest BCUT2D eigenvalue weighted by molar-refractivity contribution is 5.80. The Kier molecular flexibility index (Phi) is 2.91. The van der Waals surface area contributed by atoms with Gasteiger partial charge in [-0.05, 0) is 44.4 Å². The van der Waals surface area contributed by atoms with E-state index < -0.39 is 0 Å². The Labute approximate surface area is 98.4 Å². The summed E-state index contributed by atoms with van der Waals surface area (Å²) < 4.78 is 0. The summed E-state index contributed by atoms with van der Waals surface area (Å²) in [6.45, 7) is 1.05. The first kappa shape index (κ1) is 10.6. The molecule has 3 rings (SSSR count). The first-order valence-electron chi connectivity index (χ1n) is 7.17. The maximum absolute atomic E-state index is 12.3. The van der Waals surface area contributed by atoms with Gasteiger partial charge in [-0.1, -0.05) is 19.3 Å². The summed E-state index contributed by atoms with van der Waals surface area (Å²) in [7, 11) is 0. The van der Waals surface area contributed by atoms with E-state index in [2.05, 4.69) is 4.90 Å². The van der Waals surface area contributed by atoms with E-state index in [1.54, 1.807) is 0 Å². The van der Waals surface area contributed by atoms with Crippen molar-refractivity contribution in [3.63, 3.8) is 0 Å². The highest BCUT2D eigenvalue weighted by Gasteiger charge is 2.39. The van der Waals surface area contributed by atoms with Gasteiger partial charge < -0.3 is 4.90 Å². The summed E-state index contributed by atoms with van der Waals surface area (Å²) in [6.07, 6.45) is 11.7. The summed E-state index contributed by atoms with van der Waals surface area (Å²) >= 11 is 0. The summed E-state index contributed by atoms with van der Waals surface area (Å²) in [5, 5.41) is 0. The molecular formula is C14H23NO. The van der Waals surface area contributed by atoms with Crippen molar-refractivity contribution in [3.8, 4) is 0 Å². The van der Waals surface area contributed by atoms with E-state index in [-0.39, 0.29) is 0 Å². The Bertz CT molecular complexity index is 266. The summed E-state index contributed by atoms with van der Waals surface area (Å²) in [6, 6.07) is 0.621. The van der Waals surface area contributed by atoms with E-state index >= 15 is 0 Å². The van der Waals surface area contributed by atoms with Gasteiger partial charge in [-0.25, -0.2) is 0 Å². The second-order valence-corrected chi connectivity index (χ2v) is 5.91. The molecule has 0 aromatic rings. The zero-order valence-corrected chi connectivity index (χ0v) is 10.2. The predicted molar refractivity (Wildman–Crippen MR) is 64.0 cm³/mol. The largest absolute Gasteiger partial charge is 0.339 e. The molecule has 0 bridgehead atoms. The van der Waals surface area contributed by atoms with Gasteiger partial charge in [0.15, 0.2) is 0 Å². The van der Waals surface area contributed by atoms with Crippen molar-refractivity contribution in [1.29, 1.82) is 0 Å². The number of nitrogens with zero attached hydrogens (tertiary/aromatic N) is 1. The van der Waals surface area contributed by atoms with Crippen LogP contribution in [0.3, 0.4) is 0 Å². The van der Waals surface area contributed by atoms with Crippen LogP contribution in [-0.4, -0.2) is 23.4 Å². The molecule has 2 saturated carbocycles. The molecule has 0 radical (unpaired) electrons. The molecule has 3 fully saturated rings. The predicted octanol–water partition coefficient (Wildman–Crippen LogP) is 2.97. The zero-order valence-electron chi connectivity index (χ0n) is 10.2. The molecule has 0 aromatic heterocycles. The molecule has 1 aliphatic heterocycles. The Morgan fingerprint density at radius 3 is 2.25 bits per heavy atom. The van der Waals surface area contributed by atoms with Crippen molar-refractivity contribution in [2.45, 2.75) is 63.8 Å². The normalized spacial score (nSPS) is 32.0. The Balaban J connectivity index is 1.65. The molecule has 1 atom stereocenters. The SMILES string of the molecule is O=C(C1CCC1)N1CCCC1C1CCCC1. The van der Waals surface area contributed by atoms with Crippen molar-refractivity contribution in [2.24, 2.45) is 11.8 Å². The first-order chi connectivity index (χ1) is 7.86. The van der Waals surface area contributed by atoms with Crippen LogP contribution in [0.15, 0.2) is 0 Å². The maximum atomic E-state index is 12.3. The minimum Gasteiger partial charge on any atom is -0.339 e. The van der Waals surface area contributed by atoms with Crippen molar-refractivity contribution in [3.05, 3.63) is 0 Å². The highest BCUT2D eigenvalue weighted by Crippen LogP contribution is 2.38. The van der Waals surface area contributed by atoms with Gasteiger partial charge in [0.05, 0.1) is 0 Å². The molecule has 1 heterocycles. The third-order valence-corrected chi connectivity index (χ3v) is 4.98. The number of carbonyl (C=O) groups is 1. The topological polar surface area (TPSA) is 20.3 Å². The lowest BCUT2D eigenvalue weighted by Crippen LogP contribution is -2.44. The van der Waals surface area contributed by atoms with Crippen LogP contribution in [0.2, 0.25) is 0 Å². The Hall–Kier alpha value is -0.530. The van der Waals surface area contributed by atoms with E-state index in [0.29, 0.717) is 17.9 Å². The van der Waals surface area contributed by atoms with Crippen molar-refractivity contribution in [2.75, 3.05) is 6.54 Å². The zero-order chi connectivity index (χ0) is 11.0. The lowest BCUT2D eigenvalue weighted by atomic mass is 9.83. The average molecular weight is 221 g/mol. The molecule has 0 aromatic carbocycles. The standard InChI is InChI=1S/C14H23NO/c16-14(12-7-3-8-12)15-10-4-9-13(15)11-5-1-2-6-11/h11-13H,1-10H2. The van der Waals surface area contributed by atoms with Gasteiger partial charge in [0.1, 0.15) is 0 Å². The summed E-state index contributed by atoms with van der Waals surface area (Å²) in [5.41, 5.74) is 0. The quantitative estimate of drug-likeness (QED) is 0.702. The lowest BCUT2D eigenvalue weighted by Gasteiger charge is -2.35. The van der Waals surface area contributed by atoms with Crippen LogP contribution in [0.1, 0.15) is 57.8 Å². The fraction of sp³-hybridized carbons (Fsp3) is 0.929. The van der Waals surface area contributed by atoms with Crippen LogP contribution in [0.5, 0.6) is 0 Å². The van der Waals surface area contributed by atoms with Crippen LogP contribution in [0, 0.1) is 11.8 Å². The van der Waals surface area contributed by atoms with Crippen molar-refractivity contribution in [1.82, 2.24) is 4.90 Å². The fourth-order valence-corrected chi connectivity index (χ4v) is 3.79. The molecule has 0 N–H and O–H groups in total. The minimum atomic E-state index is 0.405. The van der Waals surface area contributed by atoms with Crippen LogP contribution in [0.4, 0.5) is 0 Å². The molecule has 2 nitrogen and oxygen atoms in total. The lowest BCUT2D eigenvalue weighted by molar-refractivity contribution is -0.139. The van der Waals surface area contributed by atoms with E-state index in [1.807, 2.05) is 0 Å². The number of carbonyl (C=O) groups excluding carboxylic acids is 1.